The van der Waals surface area contributed by atoms with E-state index in [2.05, 4.69) is 30.1 Å². The average molecular weight is 315 g/mol. The van der Waals surface area contributed by atoms with Crippen LogP contribution < -0.4 is 5.32 Å². The van der Waals surface area contributed by atoms with E-state index in [1.165, 1.54) is 0 Å². The first kappa shape index (κ1) is 18.4. The van der Waals surface area contributed by atoms with E-state index >= 15 is 0 Å². The lowest BCUT2D eigenvalue weighted by Crippen LogP contribution is -2.49. The molecule has 1 saturated heterocycles. The fraction of sp³-hybridized carbons (Fsp3) is 0.933. The van der Waals surface area contributed by atoms with E-state index in [9.17, 15) is 13.7 Å². The zero-order chi connectivity index (χ0) is 16.1. The van der Waals surface area contributed by atoms with Crippen LogP contribution in [0.15, 0.2) is 0 Å². The zero-order valence-corrected chi connectivity index (χ0v) is 14.5. The second-order valence-electron chi connectivity index (χ2n) is 6.45. The van der Waals surface area contributed by atoms with Gasteiger partial charge in [-0.3, -0.25) is 10.2 Å². The van der Waals surface area contributed by atoms with Gasteiger partial charge in [0.2, 0.25) is 0 Å². The molecule has 2 unspecified atom stereocenters. The summed E-state index contributed by atoms with van der Waals surface area (Å²) in [6.45, 7) is 9.60. The van der Waals surface area contributed by atoms with Crippen LogP contribution in [0.4, 0.5) is 0 Å². The van der Waals surface area contributed by atoms with Crippen LogP contribution in [0.5, 0.6) is 0 Å². The van der Waals surface area contributed by atoms with Gasteiger partial charge in [0.15, 0.2) is 9.84 Å². The average Bonchev–Trinajstić information content (AvgIpc) is 2.39. The van der Waals surface area contributed by atoms with Crippen LogP contribution >= 0.6 is 0 Å². The van der Waals surface area contributed by atoms with Gasteiger partial charge in [-0.1, -0.05) is 6.92 Å². The van der Waals surface area contributed by atoms with Crippen LogP contribution in [0.3, 0.4) is 0 Å². The van der Waals surface area contributed by atoms with E-state index in [1.807, 2.05) is 13.8 Å². The fourth-order valence-electron chi connectivity index (χ4n) is 3.02. The standard InChI is InChI=1S/C15H29N3O2S/c1-5-15(12-16,17-13(2)3)7-6-8-18-9-10-21(19,20)11-14(18)4/h13-14,17H,5-11H2,1-4H3. The number of rotatable bonds is 7. The molecule has 0 aromatic rings. The van der Waals surface area contributed by atoms with E-state index < -0.39 is 15.4 Å². The molecule has 122 valence electrons. The highest BCUT2D eigenvalue weighted by molar-refractivity contribution is 7.91. The highest BCUT2D eigenvalue weighted by Crippen LogP contribution is 2.19. The van der Waals surface area contributed by atoms with Crippen molar-refractivity contribution in [3.8, 4) is 6.07 Å². The van der Waals surface area contributed by atoms with Gasteiger partial charge >= 0.3 is 0 Å². The number of hydrogen-bond donors (Lipinski definition) is 1. The monoisotopic (exact) mass is 315 g/mol. The summed E-state index contributed by atoms with van der Waals surface area (Å²) in [6.07, 6.45) is 2.49. The molecule has 0 bridgehead atoms. The lowest BCUT2D eigenvalue weighted by atomic mass is 9.91. The van der Waals surface area contributed by atoms with Crippen molar-refractivity contribution in [3.05, 3.63) is 0 Å². The highest BCUT2D eigenvalue weighted by Gasteiger charge is 2.30. The largest absolute Gasteiger partial charge is 0.299 e. The molecular formula is C15H29N3O2S. The molecule has 1 heterocycles. The first-order valence-corrected chi connectivity index (χ1v) is 9.69. The Hall–Kier alpha value is -0.640. The van der Waals surface area contributed by atoms with Gasteiger partial charge in [-0.2, -0.15) is 5.26 Å². The maximum atomic E-state index is 11.6. The Morgan fingerprint density at radius 1 is 1.48 bits per heavy atom. The predicted molar refractivity (Wildman–Crippen MR) is 85.8 cm³/mol. The number of nitrogens with one attached hydrogen (secondary N) is 1. The molecule has 2 atom stereocenters. The third-order valence-electron chi connectivity index (χ3n) is 4.24. The van der Waals surface area contributed by atoms with Gasteiger partial charge < -0.3 is 0 Å². The van der Waals surface area contributed by atoms with Crippen LogP contribution in [0, 0.1) is 11.3 Å². The molecule has 21 heavy (non-hydrogen) atoms. The molecule has 1 N–H and O–H groups in total. The molecule has 0 spiro atoms. The summed E-state index contributed by atoms with van der Waals surface area (Å²) in [5.74, 6) is 0.521. The molecule has 0 radical (unpaired) electrons. The van der Waals surface area contributed by atoms with Crippen LogP contribution in [-0.4, -0.2) is 55.5 Å². The molecular weight excluding hydrogens is 286 g/mol. The fourth-order valence-corrected chi connectivity index (χ4v) is 4.65. The Morgan fingerprint density at radius 3 is 2.62 bits per heavy atom. The van der Waals surface area contributed by atoms with Gasteiger partial charge in [0, 0.05) is 18.6 Å². The third kappa shape index (κ3) is 5.57. The van der Waals surface area contributed by atoms with E-state index in [1.54, 1.807) is 0 Å². The number of sulfone groups is 1. The van der Waals surface area contributed by atoms with Crippen molar-refractivity contribution >= 4 is 9.84 Å². The number of hydrogen-bond acceptors (Lipinski definition) is 5. The summed E-state index contributed by atoms with van der Waals surface area (Å²) in [7, 11) is -2.85. The SMILES string of the molecule is CCC(C#N)(CCCN1CCS(=O)(=O)CC1C)NC(C)C. The molecule has 6 heteroatoms. The predicted octanol–water partition coefficient (Wildman–Crippen LogP) is 1.56. The molecule has 0 saturated carbocycles. The molecule has 1 aliphatic heterocycles. The van der Waals surface area contributed by atoms with Gasteiger partial charge in [0.05, 0.1) is 17.6 Å². The maximum Gasteiger partial charge on any atom is 0.153 e. The molecule has 5 nitrogen and oxygen atoms in total. The lowest BCUT2D eigenvalue weighted by molar-refractivity contribution is 0.211. The Labute approximate surface area is 129 Å². The van der Waals surface area contributed by atoms with Crippen molar-refractivity contribution in [2.24, 2.45) is 0 Å². The van der Waals surface area contributed by atoms with Crippen molar-refractivity contribution in [3.63, 3.8) is 0 Å². The van der Waals surface area contributed by atoms with Gasteiger partial charge in [0.25, 0.3) is 0 Å². The molecule has 1 aliphatic rings. The summed E-state index contributed by atoms with van der Waals surface area (Å²) in [5.41, 5.74) is -0.459. The molecule has 0 amide bonds. The third-order valence-corrected chi connectivity index (χ3v) is 6.03. The van der Waals surface area contributed by atoms with Crippen molar-refractivity contribution in [1.29, 1.82) is 5.26 Å². The minimum absolute atomic E-state index is 0.0833. The van der Waals surface area contributed by atoms with E-state index in [-0.39, 0.29) is 23.6 Å². The lowest BCUT2D eigenvalue weighted by Gasteiger charge is -2.34. The van der Waals surface area contributed by atoms with Crippen LogP contribution in [0.25, 0.3) is 0 Å². The van der Waals surface area contributed by atoms with E-state index in [4.69, 9.17) is 0 Å². The Bertz CT molecular complexity index is 470. The topological polar surface area (TPSA) is 73.2 Å². The molecule has 0 aromatic heterocycles. The smallest absolute Gasteiger partial charge is 0.153 e. The number of nitrogens with zero attached hydrogens (tertiary/aromatic N) is 2. The summed E-state index contributed by atoms with van der Waals surface area (Å²) in [5, 5.41) is 12.9. The van der Waals surface area contributed by atoms with Crippen LogP contribution in [0.1, 0.15) is 47.0 Å². The molecule has 0 aromatic carbocycles. The van der Waals surface area contributed by atoms with Gasteiger partial charge in [-0.15, -0.1) is 0 Å². The number of nitriles is 1. The Balaban J connectivity index is 2.50. The van der Waals surface area contributed by atoms with Crippen molar-refractivity contribution in [2.75, 3.05) is 24.6 Å². The summed E-state index contributed by atoms with van der Waals surface area (Å²) < 4.78 is 23.1. The maximum absolute atomic E-state index is 11.6. The minimum atomic E-state index is -2.85. The van der Waals surface area contributed by atoms with Gasteiger partial charge in [0.1, 0.15) is 5.54 Å². The Kier molecular flexibility index (Phi) is 6.64. The van der Waals surface area contributed by atoms with Crippen molar-refractivity contribution < 1.29 is 8.42 Å². The first-order chi connectivity index (χ1) is 9.73. The highest BCUT2D eigenvalue weighted by atomic mass is 32.2. The van der Waals surface area contributed by atoms with Gasteiger partial charge in [-0.05, 0) is 46.6 Å². The van der Waals surface area contributed by atoms with Crippen LogP contribution in [-0.2, 0) is 9.84 Å². The molecule has 1 fully saturated rings. The zero-order valence-electron chi connectivity index (χ0n) is 13.7. The first-order valence-electron chi connectivity index (χ1n) is 7.87. The van der Waals surface area contributed by atoms with Crippen molar-refractivity contribution in [1.82, 2.24) is 10.2 Å². The Morgan fingerprint density at radius 2 is 2.14 bits per heavy atom. The second kappa shape index (κ2) is 7.57. The molecule has 1 rings (SSSR count). The van der Waals surface area contributed by atoms with Gasteiger partial charge in [-0.25, -0.2) is 8.42 Å². The van der Waals surface area contributed by atoms with E-state index in [0.29, 0.717) is 6.54 Å². The van der Waals surface area contributed by atoms with Crippen molar-refractivity contribution in [2.45, 2.75) is 64.6 Å². The normalized spacial score (nSPS) is 25.4. The summed E-state index contributed by atoms with van der Waals surface area (Å²) in [6, 6.07) is 2.80. The van der Waals surface area contributed by atoms with E-state index in [0.717, 1.165) is 25.8 Å². The van der Waals surface area contributed by atoms with Crippen LogP contribution in [0.2, 0.25) is 0 Å². The quantitative estimate of drug-likeness (QED) is 0.772. The molecule has 0 aliphatic carbocycles. The summed E-state index contributed by atoms with van der Waals surface area (Å²) >= 11 is 0. The minimum Gasteiger partial charge on any atom is -0.299 e. The second-order valence-corrected chi connectivity index (χ2v) is 8.68. The summed E-state index contributed by atoms with van der Waals surface area (Å²) in [4.78, 5) is 2.23.